The topological polar surface area (TPSA) is 91.8 Å². The molecule has 136 valence electrons. The minimum Gasteiger partial charge on any atom is -0.465 e. The van der Waals surface area contributed by atoms with E-state index in [2.05, 4.69) is 10.3 Å². The minimum atomic E-state index is -1.03. The Bertz CT molecular complexity index is 828. The fourth-order valence-electron chi connectivity index (χ4n) is 2.77. The first-order chi connectivity index (χ1) is 12.5. The third-order valence-corrected chi connectivity index (χ3v) is 3.99. The number of anilines is 2. The quantitative estimate of drug-likeness (QED) is 0.872. The van der Waals surface area contributed by atoms with Gasteiger partial charge in [-0.25, -0.2) is 19.0 Å². The smallest absolute Gasteiger partial charge is 0.413 e. The highest BCUT2D eigenvalue weighted by Gasteiger charge is 2.23. The Morgan fingerprint density at radius 2 is 2.15 bits per heavy atom. The van der Waals surface area contributed by atoms with Crippen LogP contribution >= 0.6 is 0 Å². The van der Waals surface area contributed by atoms with Crippen molar-refractivity contribution >= 4 is 23.7 Å². The molecule has 3 rings (SSSR count). The predicted octanol–water partition coefficient (Wildman–Crippen LogP) is 3.44. The zero-order valence-electron chi connectivity index (χ0n) is 13.9. The van der Waals surface area contributed by atoms with E-state index in [1.165, 1.54) is 23.1 Å². The number of fused-ring (bicyclic) bond motifs is 1. The number of pyridine rings is 1. The lowest BCUT2D eigenvalue weighted by Crippen LogP contribution is -2.35. The van der Waals surface area contributed by atoms with Crippen molar-refractivity contribution in [3.8, 4) is 0 Å². The van der Waals surface area contributed by atoms with Gasteiger partial charge in [0.05, 0.1) is 6.61 Å². The fraction of sp³-hybridized carbons (Fsp3) is 0.278. The summed E-state index contributed by atoms with van der Waals surface area (Å²) >= 11 is 0. The summed E-state index contributed by atoms with van der Waals surface area (Å²) in [6.45, 7) is 0.491. The molecule has 0 atom stereocenters. The van der Waals surface area contributed by atoms with Crippen LogP contribution in [0.15, 0.2) is 36.4 Å². The van der Waals surface area contributed by atoms with Crippen LogP contribution in [0.25, 0.3) is 0 Å². The van der Waals surface area contributed by atoms with Crippen molar-refractivity contribution in [1.29, 1.82) is 0 Å². The molecule has 2 aromatic rings. The maximum absolute atomic E-state index is 13.1. The average Bonchev–Trinajstić information content (AvgIpc) is 2.61. The molecule has 1 aliphatic rings. The van der Waals surface area contributed by atoms with E-state index in [1.54, 1.807) is 12.1 Å². The standard InChI is InChI=1S/C18H18FN3O4/c19-13-4-1-5-15(11-13)21-17(23)26-10-8-14-7-6-12-3-2-9-22(18(24)25)16(12)20-14/h1,4-7,11H,2-3,8-10H2,(H,21,23)(H,24,25). The van der Waals surface area contributed by atoms with Crippen molar-refractivity contribution in [2.45, 2.75) is 19.3 Å². The van der Waals surface area contributed by atoms with Crippen LogP contribution in [0.3, 0.4) is 0 Å². The van der Waals surface area contributed by atoms with Crippen molar-refractivity contribution in [2.75, 3.05) is 23.4 Å². The Kier molecular flexibility index (Phi) is 5.31. The van der Waals surface area contributed by atoms with E-state index in [1.807, 2.05) is 6.07 Å². The number of hydrogen-bond donors (Lipinski definition) is 2. The van der Waals surface area contributed by atoms with Crippen LogP contribution in [0.5, 0.6) is 0 Å². The number of halogens is 1. The largest absolute Gasteiger partial charge is 0.465 e. The van der Waals surface area contributed by atoms with Crippen LogP contribution in [-0.2, 0) is 17.6 Å². The van der Waals surface area contributed by atoms with Gasteiger partial charge in [0.15, 0.2) is 0 Å². The molecule has 2 heterocycles. The summed E-state index contributed by atoms with van der Waals surface area (Å²) in [5, 5.41) is 11.7. The number of rotatable bonds is 4. The van der Waals surface area contributed by atoms with Crippen molar-refractivity contribution in [1.82, 2.24) is 4.98 Å². The number of carbonyl (C=O) groups excluding carboxylic acids is 1. The number of carbonyl (C=O) groups is 2. The zero-order valence-corrected chi connectivity index (χ0v) is 13.9. The van der Waals surface area contributed by atoms with Gasteiger partial charge >= 0.3 is 12.2 Å². The van der Waals surface area contributed by atoms with Crippen LogP contribution < -0.4 is 10.2 Å². The highest BCUT2D eigenvalue weighted by Crippen LogP contribution is 2.25. The summed E-state index contributed by atoms with van der Waals surface area (Å²) in [5.41, 5.74) is 1.83. The summed E-state index contributed by atoms with van der Waals surface area (Å²) in [5.74, 6) is -0.00509. The van der Waals surface area contributed by atoms with Gasteiger partial charge in [0.2, 0.25) is 0 Å². The van der Waals surface area contributed by atoms with Crippen molar-refractivity contribution in [2.24, 2.45) is 0 Å². The molecule has 26 heavy (non-hydrogen) atoms. The number of benzene rings is 1. The van der Waals surface area contributed by atoms with E-state index in [9.17, 15) is 19.1 Å². The Labute approximate surface area is 149 Å². The zero-order chi connectivity index (χ0) is 18.5. The Balaban J connectivity index is 1.56. The van der Waals surface area contributed by atoms with Gasteiger partial charge in [-0.1, -0.05) is 12.1 Å². The molecule has 2 amide bonds. The SMILES string of the molecule is O=C(Nc1cccc(F)c1)OCCc1ccc2c(n1)N(C(=O)O)CCC2. The average molecular weight is 359 g/mol. The van der Waals surface area contributed by atoms with Gasteiger partial charge in [-0.2, -0.15) is 0 Å². The lowest BCUT2D eigenvalue weighted by atomic mass is 10.1. The van der Waals surface area contributed by atoms with Gasteiger partial charge in [0, 0.05) is 24.3 Å². The summed E-state index contributed by atoms with van der Waals surface area (Å²) in [4.78, 5) is 28.7. The summed E-state index contributed by atoms with van der Waals surface area (Å²) in [7, 11) is 0. The van der Waals surface area contributed by atoms with Crippen molar-refractivity contribution in [3.63, 3.8) is 0 Å². The molecular weight excluding hydrogens is 341 g/mol. The predicted molar refractivity (Wildman–Crippen MR) is 93.0 cm³/mol. The number of nitrogens with zero attached hydrogens (tertiary/aromatic N) is 2. The molecule has 8 heteroatoms. The van der Waals surface area contributed by atoms with Crippen LogP contribution in [0, 0.1) is 5.82 Å². The maximum atomic E-state index is 13.1. The van der Waals surface area contributed by atoms with E-state index in [4.69, 9.17) is 4.74 Å². The fourth-order valence-corrected chi connectivity index (χ4v) is 2.77. The normalized spacial score (nSPS) is 13.0. The highest BCUT2D eigenvalue weighted by molar-refractivity contribution is 5.86. The van der Waals surface area contributed by atoms with Crippen LogP contribution in [-0.4, -0.2) is 35.4 Å². The van der Waals surface area contributed by atoms with Gasteiger partial charge in [-0.3, -0.25) is 10.2 Å². The van der Waals surface area contributed by atoms with Crippen molar-refractivity contribution < 1.29 is 23.8 Å². The molecule has 7 nitrogen and oxygen atoms in total. The first-order valence-electron chi connectivity index (χ1n) is 8.21. The van der Waals surface area contributed by atoms with Crippen LogP contribution in [0.1, 0.15) is 17.7 Å². The first kappa shape index (κ1) is 17.7. The third kappa shape index (κ3) is 4.27. The number of aryl methyl sites for hydroxylation is 1. The van der Waals surface area contributed by atoms with Gasteiger partial charge in [0.1, 0.15) is 11.6 Å². The summed E-state index contributed by atoms with van der Waals surface area (Å²) in [6.07, 6.45) is 0.182. The molecule has 0 saturated heterocycles. The van der Waals surface area contributed by atoms with E-state index in [-0.39, 0.29) is 6.61 Å². The number of aromatic nitrogens is 1. The molecule has 0 radical (unpaired) electrons. The Morgan fingerprint density at radius 3 is 2.92 bits per heavy atom. The molecule has 0 spiro atoms. The minimum absolute atomic E-state index is 0.0695. The lowest BCUT2D eigenvalue weighted by molar-refractivity contribution is 0.162. The summed E-state index contributed by atoms with van der Waals surface area (Å²) in [6, 6.07) is 9.16. The molecule has 1 aliphatic heterocycles. The van der Waals surface area contributed by atoms with Gasteiger partial charge in [0.25, 0.3) is 0 Å². The molecule has 0 bridgehead atoms. The molecule has 0 fully saturated rings. The second kappa shape index (κ2) is 7.81. The van der Waals surface area contributed by atoms with Crippen LogP contribution in [0.4, 0.5) is 25.5 Å². The van der Waals surface area contributed by atoms with E-state index in [0.717, 1.165) is 18.4 Å². The first-order valence-corrected chi connectivity index (χ1v) is 8.21. The monoisotopic (exact) mass is 359 g/mol. The Hall–Kier alpha value is -3.16. The number of nitrogens with one attached hydrogen (secondary N) is 1. The molecule has 0 saturated carbocycles. The lowest BCUT2D eigenvalue weighted by Gasteiger charge is -2.26. The number of carboxylic acid groups (broad SMARTS) is 1. The van der Waals surface area contributed by atoms with Crippen LogP contribution in [0.2, 0.25) is 0 Å². The molecular formula is C18H18FN3O4. The van der Waals surface area contributed by atoms with Crippen molar-refractivity contribution in [3.05, 3.63) is 53.5 Å². The number of hydrogen-bond acceptors (Lipinski definition) is 4. The van der Waals surface area contributed by atoms with E-state index >= 15 is 0 Å². The summed E-state index contributed by atoms with van der Waals surface area (Å²) < 4.78 is 18.1. The second-order valence-corrected chi connectivity index (χ2v) is 5.84. The number of ether oxygens (including phenoxy) is 1. The van der Waals surface area contributed by atoms with Gasteiger partial charge < -0.3 is 9.84 Å². The molecule has 0 unspecified atom stereocenters. The van der Waals surface area contributed by atoms with Gasteiger partial charge in [-0.05, 0) is 42.7 Å². The second-order valence-electron chi connectivity index (χ2n) is 5.84. The molecule has 1 aromatic carbocycles. The van der Waals surface area contributed by atoms with E-state index in [0.29, 0.717) is 30.2 Å². The molecule has 0 aliphatic carbocycles. The highest BCUT2D eigenvalue weighted by atomic mass is 19.1. The van der Waals surface area contributed by atoms with Gasteiger partial charge in [-0.15, -0.1) is 0 Å². The number of amides is 2. The third-order valence-electron chi connectivity index (χ3n) is 3.99. The molecule has 1 aromatic heterocycles. The maximum Gasteiger partial charge on any atom is 0.413 e. The Morgan fingerprint density at radius 1 is 1.31 bits per heavy atom. The van der Waals surface area contributed by atoms with E-state index < -0.39 is 18.0 Å². The molecule has 2 N–H and O–H groups in total.